The number of aryl methyl sites for hydroxylation is 1. The molecular formula is C23H26N6S. The third-order valence-electron chi connectivity index (χ3n) is 5.68. The van der Waals surface area contributed by atoms with E-state index in [0.29, 0.717) is 12.5 Å². The van der Waals surface area contributed by atoms with Crippen LogP contribution in [0.15, 0.2) is 48.5 Å². The highest BCUT2D eigenvalue weighted by atomic mass is 32.1. The van der Waals surface area contributed by atoms with Gasteiger partial charge in [-0.2, -0.15) is 5.26 Å². The molecule has 6 nitrogen and oxygen atoms in total. The number of guanidine groups is 1. The second-order valence-electron chi connectivity index (χ2n) is 7.96. The zero-order valence-electron chi connectivity index (χ0n) is 17.5. The fourth-order valence-corrected chi connectivity index (χ4v) is 4.97. The third kappa shape index (κ3) is 3.71. The number of nitrogens with one attached hydrogen (secondary N) is 1. The zero-order valence-corrected chi connectivity index (χ0v) is 18.4. The molecule has 1 fully saturated rings. The Labute approximate surface area is 181 Å². The monoisotopic (exact) mass is 418 g/mol. The minimum atomic E-state index is 0.123. The van der Waals surface area contributed by atoms with Crippen LogP contribution in [0.2, 0.25) is 0 Å². The number of nitriles is 1. The highest BCUT2D eigenvalue weighted by molar-refractivity contribution is 7.22. The summed E-state index contributed by atoms with van der Waals surface area (Å²) in [6.07, 6.45) is 2.22. The molecule has 30 heavy (non-hydrogen) atoms. The molecule has 1 atom stereocenters. The summed E-state index contributed by atoms with van der Waals surface area (Å²) in [5.41, 5.74) is 2.78. The summed E-state index contributed by atoms with van der Waals surface area (Å²) in [4.78, 5) is 10.7. The summed E-state index contributed by atoms with van der Waals surface area (Å²) in [7, 11) is 0. The largest absolute Gasteiger partial charge is 0.344 e. The highest BCUT2D eigenvalue weighted by Crippen LogP contribution is 2.31. The van der Waals surface area contributed by atoms with Crippen molar-refractivity contribution in [2.75, 3.05) is 29.4 Å². The Morgan fingerprint density at radius 2 is 1.93 bits per heavy atom. The Kier molecular flexibility index (Phi) is 5.60. The van der Waals surface area contributed by atoms with E-state index in [4.69, 9.17) is 10.4 Å². The molecule has 1 saturated heterocycles. The van der Waals surface area contributed by atoms with Crippen molar-refractivity contribution in [2.24, 2.45) is 5.92 Å². The van der Waals surface area contributed by atoms with Crippen molar-refractivity contribution in [3.05, 3.63) is 54.1 Å². The number of hydrogen-bond acceptors (Lipinski definition) is 5. The fourth-order valence-electron chi connectivity index (χ4n) is 3.97. The van der Waals surface area contributed by atoms with E-state index in [2.05, 4.69) is 35.9 Å². The lowest BCUT2D eigenvalue weighted by Gasteiger charge is -2.45. The van der Waals surface area contributed by atoms with Gasteiger partial charge in [-0.25, -0.2) is 9.88 Å². The number of fused-ring (bicyclic) bond motifs is 1. The number of anilines is 2. The minimum absolute atomic E-state index is 0.123. The summed E-state index contributed by atoms with van der Waals surface area (Å²) >= 11 is 1.72. The number of piperazine rings is 1. The predicted molar refractivity (Wildman–Crippen MR) is 124 cm³/mol. The van der Waals surface area contributed by atoms with Gasteiger partial charge in [0.1, 0.15) is 0 Å². The molecule has 3 aromatic rings. The van der Waals surface area contributed by atoms with Gasteiger partial charge in [0.25, 0.3) is 0 Å². The first kappa shape index (κ1) is 20.2. The van der Waals surface area contributed by atoms with E-state index >= 15 is 0 Å². The van der Waals surface area contributed by atoms with Crippen LogP contribution >= 0.6 is 11.3 Å². The zero-order chi connectivity index (χ0) is 21.3. The third-order valence-corrected chi connectivity index (χ3v) is 6.78. The lowest BCUT2D eigenvalue weighted by atomic mass is 10.00. The number of aromatic nitrogens is 1. The maximum absolute atomic E-state index is 9.83. The average Bonchev–Trinajstić information content (AvgIpc) is 3.19. The first-order valence-corrected chi connectivity index (χ1v) is 11.0. The second kappa shape index (κ2) is 8.33. The summed E-state index contributed by atoms with van der Waals surface area (Å²) in [5, 5.41) is 19.7. The molecule has 1 unspecified atom stereocenters. The van der Waals surface area contributed by atoms with Gasteiger partial charge in [-0.05, 0) is 36.6 Å². The van der Waals surface area contributed by atoms with Crippen molar-refractivity contribution in [3.8, 4) is 6.19 Å². The van der Waals surface area contributed by atoms with Gasteiger partial charge in [0.05, 0.1) is 21.9 Å². The van der Waals surface area contributed by atoms with Gasteiger partial charge in [-0.15, -0.1) is 0 Å². The second-order valence-corrected chi connectivity index (χ2v) is 8.97. The Morgan fingerprint density at radius 3 is 2.63 bits per heavy atom. The van der Waals surface area contributed by atoms with E-state index in [1.54, 1.807) is 11.3 Å². The van der Waals surface area contributed by atoms with Crippen molar-refractivity contribution >= 4 is 38.3 Å². The molecule has 4 rings (SSSR count). The molecule has 1 aliphatic rings. The summed E-state index contributed by atoms with van der Waals surface area (Å²) in [6.45, 7) is 8.57. The van der Waals surface area contributed by atoms with Crippen LogP contribution in [0, 0.1) is 29.7 Å². The first-order chi connectivity index (χ1) is 14.5. The lowest BCUT2D eigenvalue weighted by Crippen LogP contribution is -2.60. The number of hydrogen-bond donors (Lipinski definition) is 1. The molecule has 0 saturated carbocycles. The topological polar surface area (TPSA) is 70.2 Å². The molecule has 0 amide bonds. The Hall–Kier alpha value is -3.11. The molecule has 2 heterocycles. The molecule has 0 bridgehead atoms. The standard InChI is InChI=1S/C23H26N6S/c1-16(2)20-14-27(23-26-18-9-5-7-11-21(18)30-23)12-13-28(20)22(25)29(15-24)19-10-6-4-8-17(19)3/h4-11,16,20,25H,12-14H2,1-3H3. The van der Waals surface area contributed by atoms with E-state index in [-0.39, 0.29) is 12.0 Å². The molecule has 154 valence electrons. The maximum atomic E-state index is 9.83. The first-order valence-electron chi connectivity index (χ1n) is 10.2. The van der Waals surface area contributed by atoms with Crippen molar-refractivity contribution < 1.29 is 0 Å². The quantitative estimate of drug-likeness (QED) is 0.290. The number of benzene rings is 2. The molecule has 1 N–H and O–H groups in total. The minimum Gasteiger partial charge on any atom is -0.344 e. The van der Waals surface area contributed by atoms with Crippen LogP contribution in [0.25, 0.3) is 10.2 Å². The predicted octanol–water partition coefficient (Wildman–Crippen LogP) is 4.67. The molecule has 1 aliphatic heterocycles. The van der Waals surface area contributed by atoms with E-state index in [1.807, 2.05) is 49.4 Å². The van der Waals surface area contributed by atoms with Crippen LogP contribution in [-0.4, -0.2) is 41.5 Å². The van der Waals surface area contributed by atoms with E-state index < -0.39 is 0 Å². The number of nitrogens with zero attached hydrogens (tertiary/aromatic N) is 5. The van der Waals surface area contributed by atoms with Crippen LogP contribution in [0.1, 0.15) is 19.4 Å². The van der Waals surface area contributed by atoms with Crippen molar-refractivity contribution in [3.63, 3.8) is 0 Å². The summed E-state index contributed by atoms with van der Waals surface area (Å²) in [5.74, 6) is 0.578. The van der Waals surface area contributed by atoms with E-state index in [1.165, 1.54) is 9.60 Å². The maximum Gasteiger partial charge on any atom is 0.212 e. The molecular weight excluding hydrogens is 392 g/mol. The van der Waals surface area contributed by atoms with Crippen LogP contribution in [0.3, 0.4) is 0 Å². The van der Waals surface area contributed by atoms with Gasteiger partial charge >= 0.3 is 0 Å². The van der Waals surface area contributed by atoms with Crippen molar-refractivity contribution in [1.29, 1.82) is 10.7 Å². The van der Waals surface area contributed by atoms with E-state index in [9.17, 15) is 5.26 Å². The molecule has 0 aliphatic carbocycles. The van der Waals surface area contributed by atoms with Crippen LogP contribution in [0.4, 0.5) is 10.8 Å². The van der Waals surface area contributed by atoms with Crippen molar-refractivity contribution in [2.45, 2.75) is 26.8 Å². The Balaban J connectivity index is 1.58. The normalized spacial score (nSPS) is 16.7. The van der Waals surface area contributed by atoms with Gasteiger partial charge < -0.3 is 9.80 Å². The smallest absolute Gasteiger partial charge is 0.212 e. The van der Waals surface area contributed by atoms with Crippen LogP contribution in [0.5, 0.6) is 0 Å². The fraction of sp³-hybridized carbons (Fsp3) is 0.348. The Morgan fingerprint density at radius 1 is 1.20 bits per heavy atom. The summed E-state index contributed by atoms with van der Waals surface area (Å²) < 4.78 is 1.19. The van der Waals surface area contributed by atoms with Gasteiger partial charge in [0.15, 0.2) is 11.3 Å². The van der Waals surface area contributed by atoms with Gasteiger partial charge in [-0.3, -0.25) is 5.41 Å². The van der Waals surface area contributed by atoms with E-state index in [0.717, 1.165) is 35.0 Å². The summed E-state index contributed by atoms with van der Waals surface area (Å²) in [6, 6.07) is 16.1. The molecule has 7 heteroatoms. The lowest BCUT2D eigenvalue weighted by molar-refractivity contribution is 0.221. The van der Waals surface area contributed by atoms with Crippen LogP contribution < -0.4 is 9.80 Å². The van der Waals surface area contributed by atoms with Gasteiger partial charge in [-0.1, -0.05) is 55.5 Å². The highest BCUT2D eigenvalue weighted by Gasteiger charge is 2.34. The Bertz CT molecular complexity index is 1070. The van der Waals surface area contributed by atoms with Crippen molar-refractivity contribution in [1.82, 2.24) is 9.88 Å². The number of para-hydroxylation sites is 2. The van der Waals surface area contributed by atoms with Gasteiger partial charge in [0, 0.05) is 19.6 Å². The average molecular weight is 419 g/mol. The molecule has 1 aromatic heterocycles. The van der Waals surface area contributed by atoms with Gasteiger partial charge in [0.2, 0.25) is 5.96 Å². The molecule has 0 radical (unpaired) electrons. The number of rotatable bonds is 3. The molecule has 0 spiro atoms. The SMILES string of the molecule is Cc1ccccc1N(C#N)C(=N)N1CCN(c2nc3ccccc3s2)CC1C(C)C. The number of thiazole rings is 1. The molecule has 2 aromatic carbocycles. The van der Waals surface area contributed by atoms with Crippen LogP contribution in [-0.2, 0) is 0 Å².